The van der Waals surface area contributed by atoms with Gasteiger partial charge < -0.3 is 10.2 Å². The Morgan fingerprint density at radius 3 is 2.22 bits per heavy atom. The van der Waals surface area contributed by atoms with Crippen molar-refractivity contribution in [2.75, 3.05) is 12.4 Å². The highest BCUT2D eigenvalue weighted by atomic mass is 32.2. The van der Waals surface area contributed by atoms with Gasteiger partial charge in [0.15, 0.2) is 0 Å². The highest BCUT2D eigenvalue weighted by molar-refractivity contribution is 7.84. The molecule has 0 amide bonds. The molecule has 0 aliphatic rings. The standard InChI is InChI=1S/C14H22O3S/c1-14(2,3)12-6-4-11(5-7-12)9-18(17)10-13(16)8-15/h4-7,13,15-16H,8-10H2,1-3H3/t13-,18-/m0/s1. The number of hydrogen-bond acceptors (Lipinski definition) is 3. The van der Waals surface area contributed by atoms with Crippen molar-refractivity contribution in [1.82, 2.24) is 0 Å². The topological polar surface area (TPSA) is 57.5 Å². The van der Waals surface area contributed by atoms with Gasteiger partial charge in [-0.15, -0.1) is 0 Å². The average Bonchev–Trinajstić information content (AvgIpc) is 2.28. The molecule has 0 saturated carbocycles. The Kier molecular flexibility index (Phi) is 5.50. The van der Waals surface area contributed by atoms with Gasteiger partial charge in [-0.2, -0.15) is 0 Å². The largest absolute Gasteiger partial charge is 0.394 e. The summed E-state index contributed by atoms with van der Waals surface area (Å²) in [6.45, 7) is 6.11. The molecule has 0 aliphatic heterocycles. The molecule has 2 N–H and O–H groups in total. The van der Waals surface area contributed by atoms with Crippen LogP contribution in [0.15, 0.2) is 24.3 Å². The molecule has 1 aromatic carbocycles. The third-order valence-corrected chi connectivity index (χ3v) is 4.15. The Labute approximate surface area is 111 Å². The van der Waals surface area contributed by atoms with Gasteiger partial charge in [-0.05, 0) is 16.5 Å². The molecule has 2 atom stereocenters. The SMILES string of the molecule is CC(C)(C)c1ccc(C[S@](=O)C[C@@H](O)CO)cc1. The van der Waals surface area contributed by atoms with E-state index < -0.39 is 16.9 Å². The first-order valence-electron chi connectivity index (χ1n) is 6.06. The molecule has 0 saturated heterocycles. The fourth-order valence-corrected chi connectivity index (χ4v) is 2.83. The Balaban J connectivity index is 2.61. The second-order valence-electron chi connectivity index (χ2n) is 5.53. The third-order valence-electron chi connectivity index (χ3n) is 2.74. The highest BCUT2D eigenvalue weighted by Crippen LogP contribution is 2.22. The maximum atomic E-state index is 11.7. The summed E-state index contributed by atoms with van der Waals surface area (Å²) >= 11 is 0. The molecule has 4 heteroatoms. The van der Waals surface area contributed by atoms with Crippen LogP contribution >= 0.6 is 0 Å². The van der Waals surface area contributed by atoms with Crippen LogP contribution < -0.4 is 0 Å². The van der Waals surface area contributed by atoms with Crippen molar-refractivity contribution in [3.63, 3.8) is 0 Å². The van der Waals surface area contributed by atoms with E-state index in [1.54, 1.807) is 0 Å². The Morgan fingerprint density at radius 2 is 1.78 bits per heavy atom. The van der Waals surface area contributed by atoms with Gasteiger partial charge >= 0.3 is 0 Å². The van der Waals surface area contributed by atoms with E-state index in [2.05, 4.69) is 32.9 Å². The van der Waals surface area contributed by atoms with Crippen LogP contribution in [0.3, 0.4) is 0 Å². The van der Waals surface area contributed by atoms with E-state index in [1.165, 1.54) is 5.56 Å². The van der Waals surface area contributed by atoms with Crippen LogP contribution in [0.5, 0.6) is 0 Å². The van der Waals surface area contributed by atoms with Crippen LogP contribution in [0.4, 0.5) is 0 Å². The quantitative estimate of drug-likeness (QED) is 0.854. The maximum Gasteiger partial charge on any atom is 0.0885 e. The second kappa shape index (κ2) is 6.45. The second-order valence-corrected chi connectivity index (χ2v) is 7.04. The van der Waals surface area contributed by atoms with Gasteiger partial charge in [0.05, 0.1) is 18.5 Å². The number of benzene rings is 1. The molecule has 102 valence electrons. The summed E-state index contributed by atoms with van der Waals surface area (Å²) in [7, 11) is -1.14. The van der Waals surface area contributed by atoms with Gasteiger partial charge in [-0.25, -0.2) is 0 Å². The van der Waals surface area contributed by atoms with Gasteiger partial charge in [0.2, 0.25) is 0 Å². The minimum Gasteiger partial charge on any atom is -0.394 e. The Morgan fingerprint density at radius 1 is 1.22 bits per heavy atom. The van der Waals surface area contributed by atoms with Crippen molar-refractivity contribution in [3.8, 4) is 0 Å². The average molecular weight is 270 g/mol. The Hall–Kier alpha value is -0.710. The molecule has 0 aliphatic carbocycles. The van der Waals surface area contributed by atoms with Crippen LogP contribution in [-0.4, -0.2) is 32.9 Å². The monoisotopic (exact) mass is 270 g/mol. The van der Waals surface area contributed by atoms with Crippen LogP contribution in [-0.2, 0) is 22.0 Å². The third kappa shape index (κ3) is 4.88. The van der Waals surface area contributed by atoms with Crippen molar-refractivity contribution >= 4 is 10.8 Å². The van der Waals surface area contributed by atoms with Gasteiger partial charge in [0, 0.05) is 16.6 Å². The van der Waals surface area contributed by atoms with E-state index in [9.17, 15) is 9.32 Å². The lowest BCUT2D eigenvalue weighted by molar-refractivity contribution is 0.113. The fraction of sp³-hybridized carbons (Fsp3) is 0.571. The molecule has 18 heavy (non-hydrogen) atoms. The summed E-state index contributed by atoms with van der Waals surface area (Å²) in [6, 6.07) is 8.05. The molecule has 0 bridgehead atoms. The lowest BCUT2D eigenvalue weighted by Crippen LogP contribution is -2.21. The minimum absolute atomic E-state index is 0.116. The van der Waals surface area contributed by atoms with Crippen LogP contribution in [0, 0.1) is 0 Å². The maximum absolute atomic E-state index is 11.7. The molecule has 0 fully saturated rings. The molecule has 1 aromatic rings. The van der Waals surface area contributed by atoms with Crippen molar-refractivity contribution in [3.05, 3.63) is 35.4 Å². The zero-order chi connectivity index (χ0) is 13.8. The van der Waals surface area contributed by atoms with Gasteiger partial charge in [0.25, 0.3) is 0 Å². The molecule has 0 radical (unpaired) electrons. The van der Waals surface area contributed by atoms with Crippen molar-refractivity contribution in [2.45, 2.75) is 38.0 Å². The zero-order valence-corrected chi connectivity index (χ0v) is 12.0. The van der Waals surface area contributed by atoms with E-state index in [1.807, 2.05) is 12.1 Å². The van der Waals surface area contributed by atoms with Crippen LogP contribution in [0.25, 0.3) is 0 Å². The summed E-state index contributed by atoms with van der Waals surface area (Å²) in [5.74, 6) is 0.541. The summed E-state index contributed by atoms with van der Waals surface area (Å²) in [5, 5.41) is 17.9. The van der Waals surface area contributed by atoms with E-state index in [0.29, 0.717) is 5.75 Å². The fourth-order valence-electron chi connectivity index (χ4n) is 1.61. The van der Waals surface area contributed by atoms with Crippen molar-refractivity contribution in [2.24, 2.45) is 0 Å². The first-order chi connectivity index (χ1) is 8.32. The van der Waals surface area contributed by atoms with Gasteiger partial charge in [0.1, 0.15) is 0 Å². The van der Waals surface area contributed by atoms with E-state index in [4.69, 9.17) is 5.11 Å². The minimum atomic E-state index is -1.14. The summed E-state index contributed by atoms with van der Waals surface area (Å²) in [4.78, 5) is 0. The molecule has 0 spiro atoms. The normalized spacial score (nSPS) is 15.4. The van der Waals surface area contributed by atoms with Crippen molar-refractivity contribution < 1.29 is 14.4 Å². The highest BCUT2D eigenvalue weighted by Gasteiger charge is 2.13. The molecule has 0 aromatic heterocycles. The predicted octanol–water partition coefficient (Wildman–Crippen LogP) is 1.59. The lowest BCUT2D eigenvalue weighted by atomic mass is 9.87. The van der Waals surface area contributed by atoms with Gasteiger partial charge in [-0.3, -0.25) is 4.21 Å². The lowest BCUT2D eigenvalue weighted by Gasteiger charge is -2.19. The smallest absolute Gasteiger partial charge is 0.0885 e. The first kappa shape index (κ1) is 15.3. The predicted molar refractivity (Wildman–Crippen MR) is 74.9 cm³/mol. The van der Waals surface area contributed by atoms with Gasteiger partial charge in [-0.1, -0.05) is 45.0 Å². The summed E-state index contributed by atoms with van der Waals surface area (Å²) < 4.78 is 11.7. The van der Waals surface area contributed by atoms with Crippen LogP contribution in [0.2, 0.25) is 0 Å². The number of aliphatic hydroxyl groups is 2. The zero-order valence-electron chi connectivity index (χ0n) is 11.2. The number of hydrogen-bond donors (Lipinski definition) is 2. The summed E-state index contributed by atoms with van der Waals surface area (Å²) in [6.07, 6.45) is -0.889. The van der Waals surface area contributed by atoms with Crippen molar-refractivity contribution in [1.29, 1.82) is 0 Å². The summed E-state index contributed by atoms with van der Waals surface area (Å²) in [5.41, 5.74) is 2.35. The Bertz CT molecular complexity index is 392. The molecule has 0 unspecified atom stereocenters. The number of aliphatic hydroxyl groups excluding tert-OH is 2. The first-order valence-corrected chi connectivity index (χ1v) is 7.55. The van der Waals surface area contributed by atoms with Crippen LogP contribution in [0.1, 0.15) is 31.9 Å². The molecule has 1 rings (SSSR count). The van der Waals surface area contributed by atoms with E-state index in [0.717, 1.165) is 5.56 Å². The molecule has 3 nitrogen and oxygen atoms in total. The number of rotatable bonds is 5. The molecular weight excluding hydrogens is 248 g/mol. The molecule has 0 heterocycles. The van der Waals surface area contributed by atoms with E-state index in [-0.39, 0.29) is 17.8 Å². The van der Waals surface area contributed by atoms with E-state index >= 15 is 0 Å². The molecular formula is C14H22O3S.